The van der Waals surface area contributed by atoms with Crippen LogP contribution >= 0.6 is 0 Å². The number of hydrogen-bond acceptors (Lipinski definition) is 3. The van der Waals surface area contributed by atoms with E-state index in [9.17, 15) is 23.2 Å². The van der Waals surface area contributed by atoms with Crippen LogP contribution in [0.15, 0.2) is 15.8 Å². The minimum absolute atomic E-state index is 0.275. The van der Waals surface area contributed by atoms with Gasteiger partial charge < -0.3 is 0 Å². The highest BCUT2D eigenvalue weighted by atomic mass is 19.3. The van der Waals surface area contributed by atoms with Crippen molar-refractivity contribution in [3.8, 4) is 0 Å². The monoisotopic (exact) mass is 232 g/mol. The molecule has 1 aromatic rings. The molecule has 0 spiro atoms. The Morgan fingerprint density at radius 3 is 2.44 bits per heavy atom. The highest BCUT2D eigenvalue weighted by Gasteiger charge is 2.14. The first-order valence-electron chi connectivity index (χ1n) is 4.44. The van der Waals surface area contributed by atoms with Gasteiger partial charge in [-0.3, -0.25) is 18.7 Å². The van der Waals surface area contributed by atoms with E-state index in [0.29, 0.717) is 9.13 Å². The predicted molar refractivity (Wildman–Crippen MR) is 52.0 cm³/mol. The third kappa shape index (κ3) is 2.23. The van der Waals surface area contributed by atoms with Gasteiger partial charge in [0.15, 0.2) is 5.78 Å². The van der Waals surface area contributed by atoms with Gasteiger partial charge in [-0.15, -0.1) is 0 Å². The highest BCUT2D eigenvalue weighted by Crippen LogP contribution is 1.97. The zero-order valence-electron chi connectivity index (χ0n) is 8.74. The fourth-order valence-corrected chi connectivity index (χ4v) is 1.25. The first kappa shape index (κ1) is 12.3. The summed E-state index contributed by atoms with van der Waals surface area (Å²) in [5.41, 5.74) is -1.92. The topological polar surface area (TPSA) is 61.1 Å². The Balaban J connectivity index is 3.48. The fourth-order valence-electron chi connectivity index (χ4n) is 1.25. The zero-order valence-corrected chi connectivity index (χ0v) is 8.74. The molecule has 0 bridgehead atoms. The molecule has 7 heteroatoms. The molecule has 5 nitrogen and oxygen atoms in total. The molecule has 0 aliphatic heterocycles. The molecule has 0 atom stereocenters. The Bertz CT molecular complexity index is 531. The van der Waals surface area contributed by atoms with Gasteiger partial charge in [0.05, 0.1) is 12.1 Å². The van der Waals surface area contributed by atoms with E-state index < -0.39 is 30.0 Å². The quantitative estimate of drug-likeness (QED) is 0.690. The standard InChI is InChI=1S/C9H10F2N2O3/c1-5(14)6-3-13(4-7(10)11)9(16)12(2)8(6)15/h3,7H,4H2,1-2H3. The molecule has 0 N–H and O–H groups in total. The van der Waals surface area contributed by atoms with Gasteiger partial charge in [-0.05, 0) is 6.92 Å². The van der Waals surface area contributed by atoms with Crippen LogP contribution in [0.4, 0.5) is 8.78 Å². The summed E-state index contributed by atoms with van der Waals surface area (Å²) >= 11 is 0. The van der Waals surface area contributed by atoms with E-state index in [1.165, 1.54) is 0 Å². The molecule has 1 rings (SSSR count). The molecule has 0 aliphatic carbocycles. The van der Waals surface area contributed by atoms with Crippen molar-refractivity contribution >= 4 is 5.78 Å². The van der Waals surface area contributed by atoms with Crippen molar-refractivity contribution in [1.29, 1.82) is 0 Å². The van der Waals surface area contributed by atoms with Crippen LogP contribution in [0.5, 0.6) is 0 Å². The van der Waals surface area contributed by atoms with Crippen LogP contribution in [0, 0.1) is 0 Å². The van der Waals surface area contributed by atoms with E-state index in [0.717, 1.165) is 20.2 Å². The van der Waals surface area contributed by atoms with Crippen molar-refractivity contribution in [3.05, 3.63) is 32.6 Å². The summed E-state index contributed by atoms with van der Waals surface area (Å²) < 4.78 is 25.6. The lowest BCUT2D eigenvalue weighted by molar-refractivity contribution is 0.101. The van der Waals surface area contributed by atoms with Crippen LogP contribution in [0.3, 0.4) is 0 Å². The average Bonchev–Trinajstić information content (AvgIpc) is 2.18. The Morgan fingerprint density at radius 2 is 2.00 bits per heavy atom. The molecule has 16 heavy (non-hydrogen) atoms. The molecule has 88 valence electrons. The van der Waals surface area contributed by atoms with Gasteiger partial charge in [-0.25, -0.2) is 13.6 Å². The first-order chi connectivity index (χ1) is 7.34. The average molecular weight is 232 g/mol. The van der Waals surface area contributed by atoms with Gasteiger partial charge in [0.25, 0.3) is 12.0 Å². The van der Waals surface area contributed by atoms with Gasteiger partial charge in [0.2, 0.25) is 0 Å². The van der Waals surface area contributed by atoms with E-state index in [4.69, 9.17) is 0 Å². The van der Waals surface area contributed by atoms with E-state index in [1.807, 2.05) is 0 Å². The summed E-state index contributed by atoms with van der Waals surface area (Å²) in [5.74, 6) is -0.566. The van der Waals surface area contributed by atoms with Crippen LogP contribution in [-0.2, 0) is 13.6 Å². The molecule has 0 amide bonds. The lowest BCUT2D eigenvalue weighted by atomic mass is 10.2. The smallest absolute Gasteiger partial charge is 0.294 e. The lowest BCUT2D eigenvalue weighted by Crippen LogP contribution is -2.41. The predicted octanol–water partition coefficient (Wildman–Crippen LogP) is 0.0147. The van der Waals surface area contributed by atoms with Crippen LogP contribution in [0.2, 0.25) is 0 Å². The number of hydrogen-bond donors (Lipinski definition) is 0. The zero-order chi connectivity index (χ0) is 12.5. The van der Waals surface area contributed by atoms with Crippen molar-refractivity contribution in [2.75, 3.05) is 0 Å². The molecule has 1 aromatic heterocycles. The minimum Gasteiger partial charge on any atom is -0.294 e. The summed E-state index contributed by atoms with van der Waals surface area (Å²) in [6, 6.07) is 0. The Hall–Kier alpha value is -1.79. The van der Waals surface area contributed by atoms with Gasteiger partial charge in [0.1, 0.15) is 0 Å². The van der Waals surface area contributed by atoms with Crippen molar-refractivity contribution in [2.24, 2.45) is 7.05 Å². The maximum Gasteiger partial charge on any atom is 0.330 e. The van der Waals surface area contributed by atoms with Crippen molar-refractivity contribution in [1.82, 2.24) is 9.13 Å². The number of alkyl halides is 2. The van der Waals surface area contributed by atoms with Crippen molar-refractivity contribution in [2.45, 2.75) is 19.9 Å². The van der Waals surface area contributed by atoms with E-state index in [1.54, 1.807) is 0 Å². The largest absolute Gasteiger partial charge is 0.330 e. The second-order valence-electron chi connectivity index (χ2n) is 3.29. The molecule has 0 aliphatic rings. The number of aromatic nitrogens is 2. The second kappa shape index (κ2) is 4.38. The van der Waals surface area contributed by atoms with Crippen LogP contribution < -0.4 is 11.2 Å². The molecular weight excluding hydrogens is 222 g/mol. The molecule has 0 aromatic carbocycles. The van der Waals surface area contributed by atoms with Crippen LogP contribution in [0.1, 0.15) is 17.3 Å². The number of rotatable bonds is 3. The Morgan fingerprint density at radius 1 is 1.44 bits per heavy atom. The van der Waals surface area contributed by atoms with E-state index in [-0.39, 0.29) is 5.56 Å². The van der Waals surface area contributed by atoms with Crippen molar-refractivity contribution < 1.29 is 13.6 Å². The maximum absolute atomic E-state index is 12.1. The fraction of sp³-hybridized carbons (Fsp3) is 0.444. The highest BCUT2D eigenvalue weighted by molar-refractivity contribution is 5.93. The molecule has 0 unspecified atom stereocenters. The number of carbonyl (C=O) groups excluding carboxylic acids is 1. The summed E-state index contributed by atoms with van der Waals surface area (Å²) in [5, 5.41) is 0. The molecule has 0 radical (unpaired) electrons. The van der Waals surface area contributed by atoms with E-state index in [2.05, 4.69) is 0 Å². The summed E-state index contributed by atoms with van der Waals surface area (Å²) in [4.78, 5) is 33.8. The summed E-state index contributed by atoms with van der Waals surface area (Å²) in [6.07, 6.45) is -1.85. The number of carbonyl (C=O) groups is 1. The molecular formula is C9H10F2N2O3. The number of halogens is 2. The van der Waals surface area contributed by atoms with E-state index >= 15 is 0 Å². The number of ketones is 1. The molecule has 0 saturated carbocycles. The molecule has 0 fully saturated rings. The number of nitrogens with zero attached hydrogens (tertiary/aromatic N) is 2. The SMILES string of the molecule is CC(=O)c1cn(CC(F)F)c(=O)n(C)c1=O. The Labute approximate surface area is 88.9 Å². The maximum atomic E-state index is 12.1. The normalized spacial score (nSPS) is 10.8. The molecule has 0 saturated heterocycles. The van der Waals surface area contributed by atoms with Gasteiger partial charge in [-0.2, -0.15) is 0 Å². The third-order valence-corrected chi connectivity index (χ3v) is 2.07. The van der Waals surface area contributed by atoms with Gasteiger partial charge in [0, 0.05) is 13.2 Å². The number of Topliss-reactive ketones (excluding diaryl/α,β-unsaturated/α-hetero) is 1. The minimum atomic E-state index is -2.73. The van der Waals surface area contributed by atoms with Crippen molar-refractivity contribution in [3.63, 3.8) is 0 Å². The second-order valence-corrected chi connectivity index (χ2v) is 3.29. The Kier molecular flexibility index (Phi) is 3.36. The first-order valence-corrected chi connectivity index (χ1v) is 4.44. The van der Waals surface area contributed by atoms with Gasteiger partial charge >= 0.3 is 5.69 Å². The summed E-state index contributed by atoms with van der Waals surface area (Å²) in [6.45, 7) is 0.293. The van der Waals surface area contributed by atoms with Gasteiger partial charge in [-0.1, -0.05) is 0 Å². The lowest BCUT2D eigenvalue weighted by Gasteiger charge is -2.08. The van der Waals surface area contributed by atoms with Crippen LogP contribution in [-0.4, -0.2) is 21.3 Å². The molecule has 1 heterocycles. The third-order valence-electron chi connectivity index (χ3n) is 2.07. The van der Waals surface area contributed by atoms with Crippen LogP contribution in [0.25, 0.3) is 0 Å². The summed E-state index contributed by atoms with van der Waals surface area (Å²) in [7, 11) is 1.14.